The second-order valence-corrected chi connectivity index (χ2v) is 5.95. The Morgan fingerprint density at radius 2 is 1.83 bits per heavy atom. The molecule has 0 fully saturated rings. The van der Waals surface area contributed by atoms with Crippen molar-refractivity contribution in [2.45, 2.75) is 39.7 Å². The number of aromatic nitrogens is 1. The van der Waals surface area contributed by atoms with Crippen LogP contribution in [0.4, 0.5) is 0 Å². The number of pyridine rings is 1. The minimum Gasteiger partial charge on any atom is -0.490 e. The van der Waals surface area contributed by atoms with Crippen molar-refractivity contribution >= 4 is 0 Å². The SMILES string of the molecule is CCOc1cc2c(cc1OCC)C(c1ccc(CC)cn1)NCC2. The molecule has 1 aliphatic heterocycles. The third-order valence-electron chi connectivity index (χ3n) is 4.41. The molecule has 4 heteroatoms. The molecule has 2 aromatic rings. The Hall–Kier alpha value is -2.07. The summed E-state index contributed by atoms with van der Waals surface area (Å²) in [5.41, 5.74) is 4.87. The predicted molar refractivity (Wildman–Crippen MR) is 95.9 cm³/mol. The monoisotopic (exact) mass is 326 g/mol. The fourth-order valence-corrected chi connectivity index (χ4v) is 3.18. The van der Waals surface area contributed by atoms with Gasteiger partial charge in [-0.05, 0) is 61.6 Å². The number of aryl methyl sites for hydroxylation is 1. The van der Waals surface area contributed by atoms with E-state index in [-0.39, 0.29) is 6.04 Å². The number of nitrogens with zero attached hydrogens (tertiary/aromatic N) is 1. The van der Waals surface area contributed by atoms with Crippen LogP contribution < -0.4 is 14.8 Å². The smallest absolute Gasteiger partial charge is 0.161 e. The summed E-state index contributed by atoms with van der Waals surface area (Å²) in [6, 6.07) is 8.65. The number of hydrogen-bond acceptors (Lipinski definition) is 4. The minimum absolute atomic E-state index is 0.106. The van der Waals surface area contributed by atoms with Gasteiger partial charge in [0.25, 0.3) is 0 Å². The lowest BCUT2D eigenvalue weighted by Crippen LogP contribution is -2.31. The molecule has 0 saturated carbocycles. The maximum absolute atomic E-state index is 5.80. The number of hydrogen-bond donors (Lipinski definition) is 1. The lowest BCUT2D eigenvalue weighted by atomic mass is 9.91. The van der Waals surface area contributed by atoms with E-state index in [1.165, 1.54) is 16.7 Å². The average molecular weight is 326 g/mol. The molecule has 3 rings (SSSR count). The van der Waals surface area contributed by atoms with Crippen molar-refractivity contribution in [1.29, 1.82) is 0 Å². The predicted octanol–water partition coefficient (Wildman–Crippen LogP) is 3.68. The zero-order chi connectivity index (χ0) is 16.9. The van der Waals surface area contributed by atoms with Crippen molar-refractivity contribution in [3.8, 4) is 11.5 Å². The number of nitrogens with one attached hydrogen (secondary N) is 1. The maximum Gasteiger partial charge on any atom is 0.161 e. The van der Waals surface area contributed by atoms with Crippen LogP contribution in [0, 0.1) is 0 Å². The molecule has 1 aliphatic rings. The lowest BCUT2D eigenvalue weighted by Gasteiger charge is -2.28. The standard InChI is InChI=1S/C20H26N2O2/c1-4-14-7-8-17(22-13-14)20-16-12-19(24-6-3)18(23-5-2)11-15(16)9-10-21-20/h7-8,11-13,20-21H,4-6,9-10H2,1-3H3. The largest absolute Gasteiger partial charge is 0.490 e. The van der Waals surface area contributed by atoms with Gasteiger partial charge in [-0.25, -0.2) is 0 Å². The summed E-state index contributed by atoms with van der Waals surface area (Å²) in [4.78, 5) is 4.67. The van der Waals surface area contributed by atoms with E-state index in [4.69, 9.17) is 9.47 Å². The first kappa shape index (κ1) is 16.8. The number of benzene rings is 1. The maximum atomic E-state index is 5.80. The highest BCUT2D eigenvalue weighted by Crippen LogP contribution is 2.37. The van der Waals surface area contributed by atoms with E-state index < -0.39 is 0 Å². The lowest BCUT2D eigenvalue weighted by molar-refractivity contribution is 0.286. The fraction of sp³-hybridized carbons (Fsp3) is 0.450. The van der Waals surface area contributed by atoms with Crippen molar-refractivity contribution in [3.63, 3.8) is 0 Å². The van der Waals surface area contributed by atoms with Crippen LogP contribution in [0.15, 0.2) is 30.5 Å². The second kappa shape index (κ2) is 7.67. The Morgan fingerprint density at radius 1 is 1.08 bits per heavy atom. The van der Waals surface area contributed by atoms with E-state index in [1.54, 1.807) is 0 Å². The number of ether oxygens (including phenoxy) is 2. The normalized spacial score (nSPS) is 16.5. The summed E-state index contributed by atoms with van der Waals surface area (Å²) >= 11 is 0. The second-order valence-electron chi connectivity index (χ2n) is 5.95. The van der Waals surface area contributed by atoms with Crippen LogP contribution in [0.25, 0.3) is 0 Å². The van der Waals surface area contributed by atoms with Crippen LogP contribution in [-0.4, -0.2) is 24.7 Å². The van der Waals surface area contributed by atoms with Gasteiger partial charge in [-0.3, -0.25) is 4.98 Å². The molecular formula is C20H26N2O2. The van der Waals surface area contributed by atoms with Gasteiger partial charge < -0.3 is 14.8 Å². The highest BCUT2D eigenvalue weighted by atomic mass is 16.5. The third kappa shape index (κ3) is 3.39. The van der Waals surface area contributed by atoms with Gasteiger partial charge in [-0.2, -0.15) is 0 Å². The van der Waals surface area contributed by atoms with Crippen LogP contribution >= 0.6 is 0 Å². The van der Waals surface area contributed by atoms with Crippen molar-refractivity contribution in [2.75, 3.05) is 19.8 Å². The zero-order valence-electron chi connectivity index (χ0n) is 14.8. The Kier molecular flexibility index (Phi) is 5.36. The van der Waals surface area contributed by atoms with E-state index in [2.05, 4.69) is 41.5 Å². The van der Waals surface area contributed by atoms with Crippen LogP contribution in [0.3, 0.4) is 0 Å². The molecule has 1 atom stereocenters. The molecule has 1 aromatic carbocycles. The molecule has 0 amide bonds. The summed E-state index contributed by atoms with van der Waals surface area (Å²) in [5.74, 6) is 1.66. The fourth-order valence-electron chi connectivity index (χ4n) is 3.18. The van der Waals surface area contributed by atoms with Gasteiger partial charge in [-0.1, -0.05) is 13.0 Å². The Bertz CT molecular complexity index is 683. The van der Waals surface area contributed by atoms with Crippen molar-refractivity contribution < 1.29 is 9.47 Å². The summed E-state index contributed by atoms with van der Waals surface area (Å²) in [5, 5.41) is 3.59. The summed E-state index contributed by atoms with van der Waals surface area (Å²) in [6.45, 7) is 8.35. The van der Waals surface area contributed by atoms with E-state index in [0.717, 1.165) is 36.6 Å². The molecule has 0 radical (unpaired) electrons. The Balaban J connectivity index is 2.00. The Labute approximate surface area is 144 Å². The first-order chi connectivity index (χ1) is 11.8. The molecule has 0 aliphatic carbocycles. The molecule has 4 nitrogen and oxygen atoms in total. The number of rotatable bonds is 6. The summed E-state index contributed by atoms with van der Waals surface area (Å²) < 4.78 is 11.6. The van der Waals surface area contributed by atoms with Crippen LogP contribution in [0.1, 0.15) is 49.2 Å². The highest BCUT2D eigenvalue weighted by molar-refractivity contribution is 5.51. The highest BCUT2D eigenvalue weighted by Gasteiger charge is 2.25. The van der Waals surface area contributed by atoms with E-state index in [9.17, 15) is 0 Å². The van der Waals surface area contributed by atoms with Crippen LogP contribution in [0.2, 0.25) is 0 Å². The van der Waals surface area contributed by atoms with Crippen molar-refractivity contribution in [1.82, 2.24) is 10.3 Å². The van der Waals surface area contributed by atoms with E-state index in [0.29, 0.717) is 13.2 Å². The van der Waals surface area contributed by atoms with Gasteiger partial charge in [0.1, 0.15) is 0 Å². The molecule has 1 aromatic heterocycles. The molecular weight excluding hydrogens is 300 g/mol. The molecule has 1 N–H and O–H groups in total. The number of fused-ring (bicyclic) bond motifs is 1. The molecule has 1 unspecified atom stereocenters. The van der Waals surface area contributed by atoms with Gasteiger partial charge in [0.15, 0.2) is 11.5 Å². The first-order valence-electron chi connectivity index (χ1n) is 8.87. The Morgan fingerprint density at radius 3 is 2.46 bits per heavy atom. The summed E-state index contributed by atoms with van der Waals surface area (Å²) in [7, 11) is 0. The van der Waals surface area contributed by atoms with E-state index >= 15 is 0 Å². The van der Waals surface area contributed by atoms with Gasteiger partial charge in [0.2, 0.25) is 0 Å². The molecule has 2 heterocycles. The van der Waals surface area contributed by atoms with Crippen molar-refractivity contribution in [3.05, 3.63) is 52.8 Å². The van der Waals surface area contributed by atoms with Gasteiger partial charge in [0.05, 0.1) is 24.9 Å². The van der Waals surface area contributed by atoms with Gasteiger partial charge in [0, 0.05) is 12.7 Å². The van der Waals surface area contributed by atoms with Crippen LogP contribution in [0.5, 0.6) is 11.5 Å². The van der Waals surface area contributed by atoms with Gasteiger partial charge >= 0.3 is 0 Å². The first-order valence-corrected chi connectivity index (χ1v) is 8.87. The summed E-state index contributed by atoms with van der Waals surface area (Å²) in [6.07, 6.45) is 3.98. The average Bonchev–Trinajstić information content (AvgIpc) is 2.62. The molecule has 0 bridgehead atoms. The molecule has 0 spiro atoms. The molecule has 128 valence electrons. The topological polar surface area (TPSA) is 43.4 Å². The van der Waals surface area contributed by atoms with Gasteiger partial charge in [-0.15, -0.1) is 0 Å². The van der Waals surface area contributed by atoms with Crippen molar-refractivity contribution in [2.24, 2.45) is 0 Å². The quantitative estimate of drug-likeness (QED) is 0.879. The third-order valence-corrected chi connectivity index (χ3v) is 4.41. The van der Waals surface area contributed by atoms with E-state index in [1.807, 2.05) is 20.0 Å². The zero-order valence-corrected chi connectivity index (χ0v) is 14.8. The minimum atomic E-state index is 0.106. The molecule has 0 saturated heterocycles. The van der Waals surface area contributed by atoms with Crippen LogP contribution in [-0.2, 0) is 12.8 Å². The molecule has 24 heavy (non-hydrogen) atoms.